The quantitative estimate of drug-likeness (QED) is 0.755. The van der Waals surface area contributed by atoms with Gasteiger partial charge in [-0.05, 0) is 18.8 Å². The van der Waals surface area contributed by atoms with E-state index in [1.165, 1.54) is 4.90 Å². The topological polar surface area (TPSA) is 77.9 Å². The Hall–Kier alpha value is -1.11. The van der Waals surface area contributed by atoms with E-state index in [4.69, 9.17) is 0 Å². The number of hydrogen-bond donors (Lipinski definition) is 1. The average molecular weight is 288 g/mol. The molecule has 2 fully saturated rings. The Balaban J connectivity index is 2.07. The second-order valence-electron chi connectivity index (χ2n) is 5.21. The Morgan fingerprint density at radius 2 is 1.84 bits per heavy atom. The van der Waals surface area contributed by atoms with Crippen molar-refractivity contribution in [2.75, 3.05) is 31.1 Å². The van der Waals surface area contributed by atoms with Gasteiger partial charge in [-0.3, -0.25) is 4.21 Å². The van der Waals surface area contributed by atoms with Crippen molar-refractivity contribution in [3.63, 3.8) is 0 Å². The number of rotatable bonds is 1. The Bertz CT molecular complexity index is 391. The lowest BCUT2D eigenvalue weighted by atomic mass is 9.91. The molecule has 0 saturated carbocycles. The Kier molecular flexibility index (Phi) is 4.44. The van der Waals surface area contributed by atoms with E-state index in [-0.39, 0.29) is 11.9 Å². The van der Waals surface area contributed by atoms with Crippen LogP contribution < -0.4 is 0 Å². The molecule has 0 radical (unpaired) electrons. The number of piperidine rings is 1. The molecule has 0 bridgehead atoms. The van der Waals surface area contributed by atoms with Gasteiger partial charge in [-0.15, -0.1) is 0 Å². The highest BCUT2D eigenvalue weighted by Crippen LogP contribution is 2.25. The predicted octanol–water partition coefficient (Wildman–Crippen LogP) is 0.356. The number of carbonyl (C=O) groups excluding carboxylic acids is 1. The highest BCUT2D eigenvalue weighted by atomic mass is 32.2. The third-order valence-electron chi connectivity index (χ3n) is 3.88. The molecule has 6 nitrogen and oxygen atoms in total. The van der Waals surface area contributed by atoms with Crippen LogP contribution in [0.4, 0.5) is 4.79 Å². The van der Waals surface area contributed by atoms with Crippen molar-refractivity contribution in [2.24, 2.45) is 5.92 Å². The summed E-state index contributed by atoms with van der Waals surface area (Å²) in [5, 5.41) is 9.31. The minimum absolute atomic E-state index is 0.0193. The Morgan fingerprint density at radius 3 is 2.42 bits per heavy atom. The number of nitrogens with zero attached hydrogens (tertiary/aromatic N) is 2. The molecule has 2 aliphatic rings. The SMILES string of the molecule is CC1CCCN(C(=O)N2CCS(=O)CC2)C1C(=O)O. The molecular weight excluding hydrogens is 268 g/mol. The summed E-state index contributed by atoms with van der Waals surface area (Å²) in [4.78, 5) is 26.9. The summed E-state index contributed by atoms with van der Waals surface area (Å²) >= 11 is 0. The summed E-state index contributed by atoms with van der Waals surface area (Å²) < 4.78 is 11.3. The molecule has 0 spiro atoms. The number of amides is 2. The predicted molar refractivity (Wildman–Crippen MR) is 71.4 cm³/mol. The molecule has 2 unspecified atom stereocenters. The Morgan fingerprint density at radius 1 is 1.21 bits per heavy atom. The first kappa shape index (κ1) is 14.3. The number of carboxylic acid groups (broad SMARTS) is 1. The number of likely N-dealkylation sites (tertiary alicyclic amines) is 1. The van der Waals surface area contributed by atoms with Crippen molar-refractivity contribution in [3.8, 4) is 0 Å². The van der Waals surface area contributed by atoms with Crippen LogP contribution in [0.5, 0.6) is 0 Å². The van der Waals surface area contributed by atoms with Crippen molar-refractivity contribution < 1.29 is 18.9 Å². The van der Waals surface area contributed by atoms with E-state index in [0.29, 0.717) is 31.1 Å². The van der Waals surface area contributed by atoms with Gasteiger partial charge in [0.2, 0.25) is 0 Å². The molecular formula is C12H20N2O4S. The van der Waals surface area contributed by atoms with Crippen molar-refractivity contribution in [1.29, 1.82) is 0 Å². The molecule has 19 heavy (non-hydrogen) atoms. The molecule has 2 rings (SSSR count). The smallest absolute Gasteiger partial charge is 0.326 e. The van der Waals surface area contributed by atoms with Crippen molar-refractivity contribution in [1.82, 2.24) is 9.80 Å². The molecule has 1 N–H and O–H groups in total. The average Bonchev–Trinajstić information content (AvgIpc) is 2.38. The van der Waals surface area contributed by atoms with Gasteiger partial charge in [-0.25, -0.2) is 9.59 Å². The third kappa shape index (κ3) is 3.08. The van der Waals surface area contributed by atoms with Gasteiger partial charge in [0, 0.05) is 41.9 Å². The van der Waals surface area contributed by atoms with Gasteiger partial charge < -0.3 is 14.9 Å². The molecule has 2 atom stereocenters. The van der Waals surface area contributed by atoms with Gasteiger partial charge in [-0.2, -0.15) is 0 Å². The van der Waals surface area contributed by atoms with Gasteiger partial charge in [-0.1, -0.05) is 6.92 Å². The molecule has 0 aliphatic carbocycles. The van der Waals surface area contributed by atoms with Crippen LogP contribution in [-0.2, 0) is 15.6 Å². The fourth-order valence-corrected chi connectivity index (χ4v) is 3.84. The molecule has 108 valence electrons. The van der Waals surface area contributed by atoms with Crippen molar-refractivity contribution >= 4 is 22.8 Å². The summed E-state index contributed by atoms with van der Waals surface area (Å²) in [5.74, 6) is 0.0370. The summed E-state index contributed by atoms with van der Waals surface area (Å²) in [6.45, 7) is 3.30. The molecule has 0 aromatic carbocycles. The van der Waals surface area contributed by atoms with Crippen molar-refractivity contribution in [3.05, 3.63) is 0 Å². The summed E-state index contributed by atoms with van der Waals surface area (Å²) in [6, 6.07) is -0.940. The molecule has 0 aromatic heterocycles. The van der Waals surface area contributed by atoms with Gasteiger partial charge >= 0.3 is 12.0 Å². The number of aliphatic carboxylic acids is 1. The van der Waals surface area contributed by atoms with E-state index < -0.39 is 22.8 Å². The molecule has 2 heterocycles. The zero-order valence-electron chi connectivity index (χ0n) is 11.1. The minimum atomic E-state index is -0.930. The van der Waals surface area contributed by atoms with E-state index in [1.54, 1.807) is 4.90 Å². The fraction of sp³-hybridized carbons (Fsp3) is 0.833. The molecule has 2 amide bonds. The second-order valence-corrected chi connectivity index (χ2v) is 6.91. The maximum absolute atomic E-state index is 12.4. The summed E-state index contributed by atoms with van der Waals surface area (Å²) in [6.07, 6.45) is 1.68. The maximum Gasteiger partial charge on any atom is 0.326 e. The highest BCUT2D eigenvalue weighted by Gasteiger charge is 2.39. The van der Waals surface area contributed by atoms with Crippen LogP contribution in [0, 0.1) is 5.92 Å². The van der Waals surface area contributed by atoms with E-state index in [1.807, 2.05) is 6.92 Å². The van der Waals surface area contributed by atoms with E-state index in [2.05, 4.69) is 0 Å². The van der Waals surface area contributed by atoms with E-state index in [9.17, 15) is 18.9 Å². The van der Waals surface area contributed by atoms with Crippen LogP contribution in [0.15, 0.2) is 0 Å². The van der Waals surface area contributed by atoms with Crippen LogP contribution in [0.25, 0.3) is 0 Å². The number of carbonyl (C=O) groups is 2. The van der Waals surface area contributed by atoms with Gasteiger partial charge in [0.25, 0.3) is 0 Å². The molecule has 2 aliphatic heterocycles. The first-order chi connectivity index (χ1) is 9.00. The van der Waals surface area contributed by atoms with Gasteiger partial charge in [0.15, 0.2) is 0 Å². The van der Waals surface area contributed by atoms with Crippen LogP contribution in [-0.4, -0.2) is 68.3 Å². The normalized spacial score (nSPS) is 29.3. The van der Waals surface area contributed by atoms with Crippen LogP contribution in [0.3, 0.4) is 0 Å². The van der Waals surface area contributed by atoms with Gasteiger partial charge in [0.1, 0.15) is 6.04 Å². The summed E-state index contributed by atoms with van der Waals surface area (Å²) in [5.41, 5.74) is 0. The lowest BCUT2D eigenvalue weighted by molar-refractivity contribution is -0.145. The molecule has 0 aromatic rings. The van der Waals surface area contributed by atoms with Crippen LogP contribution >= 0.6 is 0 Å². The Labute approximate surface area is 115 Å². The van der Waals surface area contributed by atoms with Crippen molar-refractivity contribution in [2.45, 2.75) is 25.8 Å². The lowest BCUT2D eigenvalue weighted by Crippen LogP contribution is -2.57. The first-order valence-electron chi connectivity index (χ1n) is 6.64. The van der Waals surface area contributed by atoms with E-state index >= 15 is 0 Å². The van der Waals surface area contributed by atoms with Gasteiger partial charge in [0.05, 0.1) is 0 Å². The van der Waals surface area contributed by atoms with Crippen LogP contribution in [0.1, 0.15) is 19.8 Å². The second kappa shape index (κ2) is 5.90. The first-order valence-corrected chi connectivity index (χ1v) is 8.13. The van der Waals surface area contributed by atoms with Crippen LogP contribution in [0.2, 0.25) is 0 Å². The van der Waals surface area contributed by atoms with E-state index in [0.717, 1.165) is 12.8 Å². The zero-order chi connectivity index (χ0) is 14.0. The zero-order valence-corrected chi connectivity index (χ0v) is 11.9. The summed E-state index contributed by atoms with van der Waals surface area (Å²) in [7, 11) is -0.836. The monoisotopic (exact) mass is 288 g/mol. The number of hydrogen-bond acceptors (Lipinski definition) is 3. The third-order valence-corrected chi connectivity index (χ3v) is 5.16. The maximum atomic E-state index is 12.4. The minimum Gasteiger partial charge on any atom is -0.480 e. The molecule has 7 heteroatoms. The largest absolute Gasteiger partial charge is 0.480 e. The highest BCUT2D eigenvalue weighted by molar-refractivity contribution is 7.85. The number of urea groups is 1. The standard InChI is InChI=1S/C12H20N2O4S/c1-9-3-2-4-14(10(9)11(15)16)12(17)13-5-7-19(18)8-6-13/h9-10H,2-8H2,1H3,(H,15,16). The lowest BCUT2D eigenvalue weighted by Gasteiger charge is -2.40. The fourth-order valence-electron chi connectivity index (χ4n) is 2.79. The number of carboxylic acids is 1. The molecule has 2 saturated heterocycles.